The van der Waals surface area contributed by atoms with Crippen LogP contribution in [0.15, 0.2) is 0 Å². The molecule has 1 N–H and O–H groups in total. The molecule has 20 heavy (non-hydrogen) atoms. The normalized spacial score (nSPS) is 27.8. The fourth-order valence-corrected chi connectivity index (χ4v) is 3.87. The maximum Gasteiger partial charge on any atom is 0.0159 e. The molecule has 1 aliphatic rings. The van der Waals surface area contributed by atoms with Crippen molar-refractivity contribution in [3.63, 3.8) is 0 Å². The van der Waals surface area contributed by atoms with Crippen molar-refractivity contribution in [1.82, 2.24) is 10.2 Å². The Labute approximate surface area is 127 Å². The molecule has 0 heterocycles. The summed E-state index contributed by atoms with van der Waals surface area (Å²) in [4.78, 5) is 2.69. The molecule has 0 aromatic carbocycles. The molecule has 3 unspecified atom stereocenters. The fourth-order valence-electron chi connectivity index (χ4n) is 3.87. The molecule has 120 valence electrons. The van der Waals surface area contributed by atoms with Crippen molar-refractivity contribution >= 4 is 0 Å². The molecule has 1 aliphatic carbocycles. The molecule has 0 aromatic heterocycles. The highest BCUT2D eigenvalue weighted by Crippen LogP contribution is 2.39. The van der Waals surface area contributed by atoms with Crippen LogP contribution in [0, 0.1) is 17.3 Å². The van der Waals surface area contributed by atoms with E-state index < -0.39 is 0 Å². The van der Waals surface area contributed by atoms with Gasteiger partial charge in [-0.3, -0.25) is 0 Å². The Morgan fingerprint density at radius 3 is 2.50 bits per heavy atom. The van der Waals surface area contributed by atoms with Crippen molar-refractivity contribution in [2.24, 2.45) is 17.3 Å². The summed E-state index contributed by atoms with van der Waals surface area (Å²) in [5.74, 6) is 1.65. The molecule has 0 amide bonds. The predicted molar refractivity (Wildman–Crippen MR) is 90.2 cm³/mol. The Morgan fingerprint density at radius 2 is 1.95 bits per heavy atom. The number of nitrogens with zero attached hydrogens (tertiary/aromatic N) is 1. The van der Waals surface area contributed by atoms with Gasteiger partial charge in [0.1, 0.15) is 0 Å². The molecule has 0 radical (unpaired) electrons. The minimum atomic E-state index is 0.453. The minimum Gasteiger partial charge on any atom is -0.313 e. The lowest BCUT2D eigenvalue weighted by atomic mass is 9.67. The molecule has 0 bridgehead atoms. The van der Waals surface area contributed by atoms with Crippen LogP contribution in [0.25, 0.3) is 0 Å². The molecule has 0 aliphatic heterocycles. The average molecular weight is 283 g/mol. The Bertz CT molecular complexity index is 262. The molecule has 0 saturated heterocycles. The van der Waals surface area contributed by atoms with Crippen molar-refractivity contribution in [3.05, 3.63) is 0 Å². The number of hydrogen-bond donors (Lipinski definition) is 1. The largest absolute Gasteiger partial charge is 0.313 e. The van der Waals surface area contributed by atoms with E-state index in [1.807, 2.05) is 0 Å². The standard InChI is InChI=1S/C18H38N2/c1-7-15(4)13-20(9-3)14-16-11-10-12-18(5,6)17(16)19-8-2/h15-17,19H,7-14H2,1-6H3. The highest BCUT2D eigenvalue weighted by Gasteiger charge is 2.38. The quantitative estimate of drug-likeness (QED) is 0.719. The third kappa shape index (κ3) is 5.04. The van der Waals surface area contributed by atoms with Crippen molar-refractivity contribution in [3.8, 4) is 0 Å². The van der Waals surface area contributed by atoms with E-state index in [0.29, 0.717) is 11.5 Å². The van der Waals surface area contributed by atoms with Crippen molar-refractivity contribution in [1.29, 1.82) is 0 Å². The first-order valence-electron chi connectivity index (χ1n) is 8.90. The second-order valence-corrected chi connectivity index (χ2v) is 7.54. The van der Waals surface area contributed by atoms with Gasteiger partial charge in [-0.1, -0.05) is 54.4 Å². The summed E-state index contributed by atoms with van der Waals surface area (Å²) in [6.45, 7) is 19.0. The topological polar surface area (TPSA) is 15.3 Å². The van der Waals surface area contributed by atoms with Gasteiger partial charge in [-0.2, -0.15) is 0 Å². The first-order chi connectivity index (χ1) is 9.44. The van der Waals surface area contributed by atoms with Crippen LogP contribution >= 0.6 is 0 Å². The molecule has 3 atom stereocenters. The maximum atomic E-state index is 3.79. The molecule has 0 spiro atoms. The van der Waals surface area contributed by atoms with Gasteiger partial charge in [-0.05, 0) is 43.2 Å². The van der Waals surface area contributed by atoms with Crippen LogP contribution in [0.3, 0.4) is 0 Å². The van der Waals surface area contributed by atoms with E-state index in [1.165, 1.54) is 45.3 Å². The number of hydrogen-bond acceptors (Lipinski definition) is 2. The molecular weight excluding hydrogens is 244 g/mol. The molecular formula is C18H38N2. The lowest BCUT2D eigenvalue weighted by Gasteiger charge is -2.46. The van der Waals surface area contributed by atoms with E-state index in [2.05, 4.69) is 51.8 Å². The van der Waals surface area contributed by atoms with Crippen molar-refractivity contribution < 1.29 is 0 Å². The Hall–Kier alpha value is -0.0800. The summed E-state index contributed by atoms with van der Waals surface area (Å²) in [5, 5.41) is 3.79. The molecule has 2 heteroatoms. The van der Waals surface area contributed by atoms with Gasteiger partial charge >= 0.3 is 0 Å². The highest BCUT2D eigenvalue weighted by molar-refractivity contribution is 4.94. The van der Waals surface area contributed by atoms with Crippen LogP contribution in [0.2, 0.25) is 0 Å². The third-order valence-corrected chi connectivity index (χ3v) is 5.34. The van der Waals surface area contributed by atoms with Crippen LogP contribution in [0.4, 0.5) is 0 Å². The molecule has 2 nitrogen and oxygen atoms in total. The second-order valence-electron chi connectivity index (χ2n) is 7.54. The molecule has 1 saturated carbocycles. The van der Waals surface area contributed by atoms with E-state index in [9.17, 15) is 0 Å². The lowest BCUT2D eigenvalue weighted by Crippen LogP contribution is -2.53. The molecule has 0 aromatic rings. The van der Waals surface area contributed by atoms with Crippen LogP contribution in [0.1, 0.15) is 67.2 Å². The molecule has 1 rings (SSSR count). The zero-order chi connectivity index (χ0) is 15.2. The summed E-state index contributed by atoms with van der Waals surface area (Å²) in [5.41, 5.74) is 0.453. The van der Waals surface area contributed by atoms with E-state index in [-0.39, 0.29) is 0 Å². The van der Waals surface area contributed by atoms with E-state index in [1.54, 1.807) is 0 Å². The van der Waals surface area contributed by atoms with Crippen LogP contribution in [-0.4, -0.2) is 37.1 Å². The van der Waals surface area contributed by atoms with Crippen molar-refractivity contribution in [2.75, 3.05) is 26.2 Å². The predicted octanol–water partition coefficient (Wildman–Crippen LogP) is 4.16. The van der Waals surface area contributed by atoms with Crippen molar-refractivity contribution in [2.45, 2.75) is 73.3 Å². The first kappa shape index (κ1) is 18.0. The average Bonchev–Trinajstić information content (AvgIpc) is 2.41. The van der Waals surface area contributed by atoms with E-state index >= 15 is 0 Å². The van der Waals surface area contributed by atoms with Gasteiger partial charge in [-0.15, -0.1) is 0 Å². The second kappa shape index (κ2) is 8.38. The summed E-state index contributed by atoms with van der Waals surface area (Å²) >= 11 is 0. The Morgan fingerprint density at radius 1 is 1.25 bits per heavy atom. The smallest absolute Gasteiger partial charge is 0.0159 e. The minimum absolute atomic E-state index is 0.453. The lowest BCUT2D eigenvalue weighted by molar-refractivity contribution is 0.0769. The van der Waals surface area contributed by atoms with Gasteiger partial charge in [-0.25, -0.2) is 0 Å². The van der Waals surface area contributed by atoms with Crippen LogP contribution < -0.4 is 5.32 Å². The number of nitrogens with one attached hydrogen (secondary N) is 1. The summed E-state index contributed by atoms with van der Waals surface area (Å²) in [6, 6.07) is 0.687. The summed E-state index contributed by atoms with van der Waals surface area (Å²) < 4.78 is 0. The Balaban J connectivity index is 2.65. The van der Waals surface area contributed by atoms with Gasteiger partial charge in [0, 0.05) is 19.1 Å². The first-order valence-corrected chi connectivity index (χ1v) is 8.90. The van der Waals surface area contributed by atoms with Crippen LogP contribution in [-0.2, 0) is 0 Å². The maximum absolute atomic E-state index is 3.79. The zero-order valence-electron chi connectivity index (χ0n) is 14.8. The van der Waals surface area contributed by atoms with E-state index in [0.717, 1.165) is 18.4 Å². The zero-order valence-corrected chi connectivity index (χ0v) is 14.8. The van der Waals surface area contributed by atoms with Gasteiger partial charge in [0.2, 0.25) is 0 Å². The van der Waals surface area contributed by atoms with E-state index in [4.69, 9.17) is 0 Å². The third-order valence-electron chi connectivity index (χ3n) is 5.34. The monoisotopic (exact) mass is 282 g/mol. The van der Waals surface area contributed by atoms with Gasteiger partial charge in [0.05, 0.1) is 0 Å². The highest BCUT2D eigenvalue weighted by atomic mass is 15.1. The SMILES string of the molecule is CCNC1C(CN(CC)CC(C)CC)CCCC1(C)C. The molecule has 1 fully saturated rings. The summed E-state index contributed by atoms with van der Waals surface area (Å²) in [6.07, 6.45) is 5.47. The fraction of sp³-hybridized carbons (Fsp3) is 1.00. The van der Waals surface area contributed by atoms with Gasteiger partial charge < -0.3 is 10.2 Å². The van der Waals surface area contributed by atoms with Gasteiger partial charge in [0.15, 0.2) is 0 Å². The van der Waals surface area contributed by atoms with Gasteiger partial charge in [0.25, 0.3) is 0 Å². The Kier molecular flexibility index (Phi) is 7.53. The number of rotatable bonds is 8. The summed E-state index contributed by atoms with van der Waals surface area (Å²) in [7, 11) is 0. The van der Waals surface area contributed by atoms with Crippen LogP contribution in [0.5, 0.6) is 0 Å².